The van der Waals surface area contributed by atoms with Crippen molar-refractivity contribution in [1.82, 2.24) is 10.2 Å². The van der Waals surface area contributed by atoms with Crippen LogP contribution < -0.4 is 10.1 Å². The van der Waals surface area contributed by atoms with Crippen LogP contribution in [0.2, 0.25) is 0 Å². The molecule has 2 aliphatic rings. The van der Waals surface area contributed by atoms with E-state index in [0.29, 0.717) is 6.54 Å². The molecule has 1 saturated heterocycles. The molecule has 0 aromatic heterocycles. The van der Waals surface area contributed by atoms with Crippen molar-refractivity contribution in [3.05, 3.63) is 65.2 Å². The summed E-state index contributed by atoms with van der Waals surface area (Å²) in [7, 11) is 1.71. The summed E-state index contributed by atoms with van der Waals surface area (Å²) in [6.45, 7) is 0.717. The molecule has 25 heavy (non-hydrogen) atoms. The lowest BCUT2D eigenvalue weighted by molar-refractivity contribution is -0.134. The Kier molecular flexibility index (Phi) is 4.68. The summed E-state index contributed by atoms with van der Waals surface area (Å²) < 4.78 is 5.57. The molecule has 130 valence electrons. The van der Waals surface area contributed by atoms with Crippen LogP contribution in [0.5, 0.6) is 5.75 Å². The molecule has 5 heteroatoms. The fourth-order valence-corrected chi connectivity index (χ4v) is 4.75. The predicted octanol–water partition coefficient (Wildman–Crippen LogP) is 2.83. The van der Waals surface area contributed by atoms with E-state index in [2.05, 4.69) is 23.5 Å². The number of nitrogens with zero attached hydrogens (tertiary/aromatic N) is 1. The Morgan fingerprint density at radius 1 is 1.20 bits per heavy atom. The van der Waals surface area contributed by atoms with Crippen molar-refractivity contribution in [3.63, 3.8) is 0 Å². The maximum absolute atomic E-state index is 13.2. The molecule has 2 aliphatic heterocycles. The smallest absolute Gasteiger partial charge is 0.241 e. The van der Waals surface area contributed by atoms with Gasteiger partial charge in [0.05, 0.1) is 19.2 Å². The van der Waals surface area contributed by atoms with Gasteiger partial charge in [-0.25, -0.2) is 0 Å². The number of amides is 1. The van der Waals surface area contributed by atoms with E-state index in [1.807, 2.05) is 35.2 Å². The normalized spacial score (nSPS) is 22.5. The number of carbonyl (C=O) groups excluding carboxylic acids is 1. The summed E-state index contributed by atoms with van der Waals surface area (Å²) in [5.74, 6) is 2.82. The highest BCUT2D eigenvalue weighted by Crippen LogP contribution is 2.39. The molecule has 4 nitrogen and oxygen atoms in total. The lowest BCUT2D eigenvalue weighted by atomic mass is 9.87. The highest BCUT2D eigenvalue weighted by Gasteiger charge is 2.37. The van der Waals surface area contributed by atoms with Crippen LogP contribution in [0.25, 0.3) is 0 Å². The van der Waals surface area contributed by atoms with Crippen LogP contribution in [0.15, 0.2) is 48.5 Å². The number of methoxy groups -OCH3 is 1. The number of thioether (sulfide) groups is 1. The average molecular weight is 354 g/mol. The zero-order valence-corrected chi connectivity index (χ0v) is 15.1. The summed E-state index contributed by atoms with van der Waals surface area (Å²) >= 11 is 1.78. The maximum Gasteiger partial charge on any atom is 0.241 e. The van der Waals surface area contributed by atoms with Gasteiger partial charge >= 0.3 is 0 Å². The van der Waals surface area contributed by atoms with Crippen molar-refractivity contribution >= 4 is 17.7 Å². The summed E-state index contributed by atoms with van der Waals surface area (Å²) in [5.41, 5.74) is 3.54. The van der Waals surface area contributed by atoms with Crippen LogP contribution in [0, 0.1) is 0 Å². The van der Waals surface area contributed by atoms with Crippen LogP contribution in [0.1, 0.15) is 22.7 Å². The van der Waals surface area contributed by atoms with E-state index in [-0.39, 0.29) is 18.0 Å². The van der Waals surface area contributed by atoms with E-state index >= 15 is 0 Å². The second-order valence-electron chi connectivity index (χ2n) is 6.39. The van der Waals surface area contributed by atoms with Crippen LogP contribution in [0.4, 0.5) is 0 Å². The SMILES string of the molecule is COc1cccc2c1CCN(C(=O)C1CSCN1)C2c1ccccc1. The van der Waals surface area contributed by atoms with Gasteiger partial charge in [0.2, 0.25) is 5.91 Å². The number of ether oxygens (including phenoxy) is 1. The van der Waals surface area contributed by atoms with Gasteiger partial charge in [-0.05, 0) is 23.6 Å². The Morgan fingerprint density at radius 2 is 2.04 bits per heavy atom. The molecule has 2 unspecified atom stereocenters. The summed E-state index contributed by atoms with van der Waals surface area (Å²) in [4.78, 5) is 15.2. The van der Waals surface area contributed by atoms with Gasteiger partial charge < -0.3 is 9.64 Å². The topological polar surface area (TPSA) is 41.6 Å². The minimum Gasteiger partial charge on any atom is -0.496 e. The van der Waals surface area contributed by atoms with Gasteiger partial charge in [0.25, 0.3) is 0 Å². The summed E-state index contributed by atoms with van der Waals surface area (Å²) in [6.07, 6.45) is 0.828. The highest BCUT2D eigenvalue weighted by molar-refractivity contribution is 7.99. The zero-order valence-electron chi connectivity index (χ0n) is 14.3. The second kappa shape index (κ2) is 7.10. The van der Waals surface area contributed by atoms with E-state index < -0.39 is 0 Å². The molecule has 2 aromatic carbocycles. The number of nitrogens with one attached hydrogen (secondary N) is 1. The molecular formula is C20H22N2O2S. The van der Waals surface area contributed by atoms with Crippen molar-refractivity contribution in [2.45, 2.75) is 18.5 Å². The van der Waals surface area contributed by atoms with Gasteiger partial charge in [-0.1, -0.05) is 42.5 Å². The molecule has 1 N–H and O–H groups in total. The first kappa shape index (κ1) is 16.5. The van der Waals surface area contributed by atoms with Gasteiger partial charge in [0.15, 0.2) is 0 Å². The summed E-state index contributed by atoms with van der Waals surface area (Å²) in [6, 6.07) is 16.3. The van der Waals surface area contributed by atoms with Crippen molar-refractivity contribution in [2.75, 3.05) is 25.3 Å². The Bertz CT molecular complexity index is 760. The third-order valence-electron chi connectivity index (χ3n) is 5.01. The highest BCUT2D eigenvalue weighted by atomic mass is 32.2. The molecule has 0 saturated carbocycles. The van der Waals surface area contributed by atoms with Crippen LogP contribution in [-0.4, -0.2) is 42.1 Å². The van der Waals surface area contributed by atoms with Crippen molar-refractivity contribution in [1.29, 1.82) is 0 Å². The number of rotatable bonds is 3. The molecule has 2 aromatic rings. The van der Waals surface area contributed by atoms with E-state index in [1.165, 1.54) is 11.1 Å². The van der Waals surface area contributed by atoms with Crippen molar-refractivity contribution in [3.8, 4) is 5.75 Å². The minimum atomic E-state index is -0.0802. The van der Waals surface area contributed by atoms with Gasteiger partial charge in [-0.2, -0.15) is 0 Å². The second-order valence-corrected chi connectivity index (χ2v) is 7.43. The molecule has 0 bridgehead atoms. The number of hydrogen-bond donors (Lipinski definition) is 1. The maximum atomic E-state index is 13.2. The molecule has 0 aliphatic carbocycles. The molecule has 2 atom stereocenters. The molecule has 0 radical (unpaired) electrons. The fraction of sp³-hybridized carbons (Fsp3) is 0.350. The van der Waals surface area contributed by atoms with Crippen molar-refractivity contribution in [2.24, 2.45) is 0 Å². The molecular weight excluding hydrogens is 332 g/mol. The van der Waals surface area contributed by atoms with E-state index in [4.69, 9.17) is 4.74 Å². The first-order valence-electron chi connectivity index (χ1n) is 8.62. The largest absolute Gasteiger partial charge is 0.496 e. The number of carbonyl (C=O) groups is 1. The van der Waals surface area contributed by atoms with Crippen LogP contribution in [-0.2, 0) is 11.2 Å². The molecule has 2 heterocycles. The lowest BCUT2D eigenvalue weighted by Crippen LogP contribution is -2.49. The van der Waals surface area contributed by atoms with E-state index in [0.717, 1.165) is 29.4 Å². The predicted molar refractivity (Wildman–Crippen MR) is 101 cm³/mol. The molecule has 1 amide bonds. The average Bonchev–Trinajstić information content (AvgIpc) is 3.21. The lowest BCUT2D eigenvalue weighted by Gasteiger charge is -2.39. The van der Waals surface area contributed by atoms with Crippen LogP contribution >= 0.6 is 11.8 Å². The Morgan fingerprint density at radius 3 is 2.76 bits per heavy atom. The summed E-state index contributed by atoms with van der Waals surface area (Å²) in [5, 5.41) is 3.32. The van der Waals surface area contributed by atoms with Crippen molar-refractivity contribution < 1.29 is 9.53 Å². The third-order valence-corrected chi connectivity index (χ3v) is 5.95. The third kappa shape index (κ3) is 3.02. The number of fused-ring (bicyclic) bond motifs is 1. The minimum absolute atomic E-state index is 0.0556. The van der Waals surface area contributed by atoms with E-state index in [9.17, 15) is 4.79 Å². The molecule has 4 rings (SSSR count). The van der Waals surface area contributed by atoms with Crippen LogP contribution in [0.3, 0.4) is 0 Å². The van der Waals surface area contributed by atoms with Gasteiger partial charge in [0.1, 0.15) is 5.75 Å². The molecule has 1 fully saturated rings. The first-order valence-corrected chi connectivity index (χ1v) is 9.77. The Hall–Kier alpha value is -1.98. The quantitative estimate of drug-likeness (QED) is 0.920. The number of hydrogen-bond acceptors (Lipinski definition) is 4. The van der Waals surface area contributed by atoms with Gasteiger partial charge in [-0.3, -0.25) is 10.1 Å². The standard InChI is InChI=1S/C20H22N2O2S/c1-24-18-9-5-8-16-15(18)10-11-22(20(23)17-12-25-13-21-17)19(16)14-6-3-2-4-7-14/h2-9,17,19,21H,10-13H2,1H3. The molecule has 0 spiro atoms. The van der Waals surface area contributed by atoms with E-state index in [1.54, 1.807) is 18.9 Å². The number of benzene rings is 2. The monoisotopic (exact) mass is 354 g/mol. The first-order chi connectivity index (χ1) is 12.3. The zero-order chi connectivity index (χ0) is 17.2. The Balaban J connectivity index is 1.78. The van der Waals surface area contributed by atoms with Gasteiger partial charge in [-0.15, -0.1) is 11.8 Å². The van der Waals surface area contributed by atoms with Gasteiger partial charge in [0, 0.05) is 23.7 Å². The fourth-order valence-electron chi connectivity index (χ4n) is 3.81. The Labute approximate surface area is 152 Å².